The zero-order valence-electron chi connectivity index (χ0n) is 24.9. The molecule has 2 aromatic carbocycles. The molecule has 4 saturated carbocycles. The molecule has 4 bridgehead atoms. The molecular formula is C33H45N3O4S. The number of carbonyl (C=O) groups excluding carboxylic acids is 2. The molecule has 0 saturated heterocycles. The minimum Gasteiger partial charge on any atom is -0.354 e. The van der Waals surface area contributed by atoms with Gasteiger partial charge in [-0.2, -0.15) is 0 Å². The van der Waals surface area contributed by atoms with Crippen LogP contribution in [0.5, 0.6) is 0 Å². The van der Waals surface area contributed by atoms with Crippen molar-refractivity contribution < 1.29 is 18.0 Å². The monoisotopic (exact) mass is 579 g/mol. The fraction of sp³-hybridized carbons (Fsp3) is 0.576. The molecule has 0 unspecified atom stereocenters. The maximum atomic E-state index is 13.8. The van der Waals surface area contributed by atoms with E-state index in [1.807, 2.05) is 50.2 Å². The van der Waals surface area contributed by atoms with Crippen molar-refractivity contribution >= 4 is 27.5 Å². The van der Waals surface area contributed by atoms with Gasteiger partial charge in [-0.1, -0.05) is 43.3 Å². The highest BCUT2D eigenvalue weighted by Gasteiger charge is 2.51. The molecule has 4 fully saturated rings. The lowest BCUT2D eigenvalue weighted by atomic mass is 9.48. The Hall–Kier alpha value is -2.87. The molecule has 2 amide bonds. The van der Waals surface area contributed by atoms with E-state index in [0.717, 1.165) is 41.6 Å². The van der Waals surface area contributed by atoms with Gasteiger partial charge in [0.05, 0.1) is 11.9 Å². The highest BCUT2D eigenvalue weighted by Crippen LogP contribution is 2.60. The van der Waals surface area contributed by atoms with E-state index in [9.17, 15) is 18.0 Å². The second kappa shape index (κ2) is 11.8. The molecule has 0 radical (unpaired) electrons. The van der Waals surface area contributed by atoms with Crippen molar-refractivity contribution in [3.8, 4) is 0 Å². The summed E-state index contributed by atoms with van der Waals surface area (Å²) in [4.78, 5) is 28.3. The number of carbonyl (C=O) groups is 2. The highest BCUT2D eigenvalue weighted by molar-refractivity contribution is 7.92. The fourth-order valence-electron chi connectivity index (χ4n) is 8.01. The lowest BCUT2D eigenvalue weighted by Gasteiger charge is -2.57. The first-order valence-electron chi connectivity index (χ1n) is 15.2. The van der Waals surface area contributed by atoms with Gasteiger partial charge < -0.3 is 10.2 Å². The number of sulfonamides is 1. The summed E-state index contributed by atoms with van der Waals surface area (Å²) in [6.45, 7) is 6.00. The largest absolute Gasteiger partial charge is 0.354 e. The summed E-state index contributed by atoms with van der Waals surface area (Å²) >= 11 is 0. The second-order valence-corrected chi connectivity index (χ2v) is 14.8. The first-order chi connectivity index (χ1) is 19.5. The second-order valence-electron chi connectivity index (χ2n) is 12.9. The topological polar surface area (TPSA) is 86.8 Å². The van der Waals surface area contributed by atoms with Crippen LogP contribution in [0.2, 0.25) is 0 Å². The van der Waals surface area contributed by atoms with Gasteiger partial charge in [0.15, 0.2) is 0 Å². The van der Waals surface area contributed by atoms with Crippen LogP contribution < -0.4 is 9.62 Å². The average Bonchev–Trinajstić information content (AvgIpc) is 2.92. The van der Waals surface area contributed by atoms with Gasteiger partial charge in [0.1, 0.15) is 12.6 Å². The van der Waals surface area contributed by atoms with E-state index in [-0.39, 0.29) is 24.4 Å². The molecule has 0 aliphatic heterocycles. The van der Waals surface area contributed by atoms with Crippen molar-refractivity contribution in [3.05, 3.63) is 65.2 Å². The zero-order chi connectivity index (χ0) is 29.4. The summed E-state index contributed by atoms with van der Waals surface area (Å²) in [6, 6.07) is 14.9. The predicted molar refractivity (Wildman–Crippen MR) is 163 cm³/mol. The van der Waals surface area contributed by atoms with Crippen molar-refractivity contribution in [1.29, 1.82) is 0 Å². The van der Waals surface area contributed by atoms with Crippen LogP contribution in [-0.4, -0.2) is 50.5 Å². The molecule has 8 heteroatoms. The first-order valence-corrected chi connectivity index (χ1v) is 17.0. The third-order valence-electron chi connectivity index (χ3n) is 9.80. The quantitative estimate of drug-likeness (QED) is 0.398. The van der Waals surface area contributed by atoms with Crippen LogP contribution >= 0.6 is 0 Å². The van der Waals surface area contributed by atoms with E-state index < -0.39 is 22.0 Å². The van der Waals surface area contributed by atoms with Crippen LogP contribution in [0.25, 0.3) is 0 Å². The molecule has 0 spiro atoms. The summed E-state index contributed by atoms with van der Waals surface area (Å²) in [5.74, 6) is 1.80. The molecule has 1 N–H and O–H groups in total. The summed E-state index contributed by atoms with van der Waals surface area (Å²) in [5, 5.41) is 2.88. The minimum atomic E-state index is -3.76. The third-order valence-corrected chi connectivity index (χ3v) is 10.9. The average molecular weight is 580 g/mol. The standard InChI is InChI=1S/C33H45N3O4S/c1-5-14-34-32(38)24(3)35(21-28-9-7-6-8-23(28)2)31(37)22-36(41(4,39)40)30-12-10-29(11-13-30)33-18-25-15-26(19-33)17-27(16-25)20-33/h6-13,24-27H,5,14-22H2,1-4H3,(H,34,38)/t24-,25?,26?,27?,33?/m1/s1. The van der Waals surface area contributed by atoms with E-state index in [2.05, 4.69) is 17.4 Å². The molecule has 41 heavy (non-hydrogen) atoms. The number of nitrogens with one attached hydrogen (secondary N) is 1. The smallest absolute Gasteiger partial charge is 0.244 e. The van der Waals surface area contributed by atoms with E-state index in [1.165, 1.54) is 53.3 Å². The van der Waals surface area contributed by atoms with Gasteiger partial charge in [0, 0.05) is 13.1 Å². The molecule has 4 aliphatic rings. The molecule has 6 rings (SSSR count). The number of nitrogens with zero attached hydrogens (tertiary/aromatic N) is 2. The minimum absolute atomic E-state index is 0.213. The number of anilines is 1. The van der Waals surface area contributed by atoms with Gasteiger partial charge in [-0.25, -0.2) is 8.42 Å². The SMILES string of the molecule is CCCNC(=O)[C@@H](C)N(Cc1ccccc1C)C(=O)CN(c1ccc(C23CC4CC(CC(C4)C2)C3)cc1)S(C)(=O)=O. The van der Waals surface area contributed by atoms with Crippen molar-refractivity contribution in [2.45, 2.75) is 83.7 Å². The molecule has 222 valence electrons. The maximum absolute atomic E-state index is 13.8. The van der Waals surface area contributed by atoms with Gasteiger partial charge >= 0.3 is 0 Å². The normalized spacial score (nSPS) is 25.5. The highest BCUT2D eigenvalue weighted by atomic mass is 32.2. The van der Waals surface area contributed by atoms with Crippen molar-refractivity contribution in [1.82, 2.24) is 10.2 Å². The van der Waals surface area contributed by atoms with E-state index >= 15 is 0 Å². The number of benzene rings is 2. The van der Waals surface area contributed by atoms with Crippen LogP contribution in [0.1, 0.15) is 75.5 Å². The van der Waals surface area contributed by atoms with E-state index in [4.69, 9.17) is 0 Å². The Balaban J connectivity index is 1.39. The number of amides is 2. The van der Waals surface area contributed by atoms with Gasteiger partial charge in [0.2, 0.25) is 21.8 Å². The molecule has 4 aliphatic carbocycles. The predicted octanol–water partition coefficient (Wildman–Crippen LogP) is 5.17. The van der Waals surface area contributed by atoms with Gasteiger partial charge in [0.25, 0.3) is 0 Å². The van der Waals surface area contributed by atoms with Crippen LogP contribution in [-0.2, 0) is 31.6 Å². The van der Waals surface area contributed by atoms with Crippen molar-refractivity contribution in [2.75, 3.05) is 23.7 Å². The van der Waals surface area contributed by atoms with Gasteiger partial charge in [-0.3, -0.25) is 13.9 Å². The molecule has 0 heterocycles. The number of aryl methyl sites for hydroxylation is 1. The Labute approximate surface area is 245 Å². The summed E-state index contributed by atoms with van der Waals surface area (Å²) in [6.07, 6.45) is 9.73. The lowest BCUT2D eigenvalue weighted by molar-refractivity contribution is -0.139. The number of hydrogen-bond donors (Lipinski definition) is 1. The van der Waals surface area contributed by atoms with Crippen molar-refractivity contribution in [3.63, 3.8) is 0 Å². The van der Waals surface area contributed by atoms with Gasteiger partial charge in [-0.05, 0) is 111 Å². The first kappa shape index (κ1) is 29.6. The summed E-state index contributed by atoms with van der Waals surface area (Å²) in [7, 11) is -3.76. The Morgan fingerprint density at radius 1 is 0.976 bits per heavy atom. The molecule has 7 nitrogen and oxygen atoms in total. The van der Waals surface area contributed by atoms with Gasteiger partial charge in [-0.15, -0.1) is 0 Å². The molecule has 2 aromatic rings. The number of rotatable bonds is 11. The van der Waals surface area contributed by atoms with Crippen LogP contribution in [0.15, 0.2) is 48.5 Å². The van der Waals surface area contributed by atoms with Crippen LogP contribution in [0.4, 0.5) is 5.69 Å². The van der Waals surface area contributed by atoms with Crippen LogP contribution in [0, 0.1) is 24.7 Å². The Morgan fingerprint density at radius 3 is 2.10 bits per heavy atom. The maximum Gasteiger partial charge on any atom is 0.244 e. The summed E-state index contributed by atoms with van der Waals surface area (Å²) < 4.78 is 27.2. The van der Waals surface area contributed by atoms with Crippen LogP contribution in [0.3, 0.4) is 0 Å². The molecule has 0 aromatic heterocycles. The molecular weight excluding hydrogens is 534 g/mol. The number of hydrogen-bond acceptors (Lipinski definition) is 4. The fourth-order valence-corrected chi connectivity index (χ4v) is 8.86. The molecule has 1 atom stereocenters. The van der Waals surface area contributed by atoms with E-state index in [1.54, 1.807) is 6.92 Å². The Morgan fingerprint density at radius 2 is 1.56 bits per heavy atom. The van der Waals surface area contributed by atoms with E-state index in [0.29, 0.717) is 12.2 Å². The summed E-state index contributed by atoms with van der Waals surface area (Å²) in [5.41, 5.74) is 3.93. The third kappa shape index (κ3) is 6.32. The lowest BCUT2D eigenvalue weighted by Crippen LogP contribution is -2.51. The van der Waals surface area contributed by atoms with Crippen molar-refractivity contribution in [2.24, 2.45) is 17.8 Å². The zero-order valence-corrected chi connectivity index (χ0v) is 25.8. The Bertz CT molecular complexity index is 1340. The Kier molecular flexibility index (Phi) is 8.51.